The van der Waals surface area contributed by atoms with E-state index in [2.05, 4.69) is 6.07 Å². The number of carbonyl (C=O) groups excluding carboxylic acids is 1. The Hall–Kier alpha value is -3.46. The number of nitriles is 1. The van der Waals surface area contributed by atoms with E-state index in [4.69, 9.17) is 14.2 Å². The second kappa shape index (κ2) is 7.19. The molecule has 0 aliphatic carbocycles. The summed E-state index contributed by atoms with van der Waals surface area (Å²) in [6.07, 6.45) is 3.45. The maximum atomic E-state index is 13.1. The van der Waals surface area contributed by atoms with Crippen LogP contribution in [0.4, 0.5) is 0 Å². The highest BCUT2D eigenvalue weighted by molar-refractivity contribution is 5.97. The van der Waals surface area contributed by atoms with E-state index < -0.39 is 6.04 Å². The molecule has 1 amide bonds. The molecule has 0 aromatic heterocycles. The molecule has 0 saturated carbocycles. The summed E-state index contributed by atoms with van der Waals surface area (Å²) in [4.78, 5) is 14.5. The molecule has 1 unspecified atom stereocenters. The van der Waals surface area contributed by atoms with Crippen molar-refractivity contribution < 1.29 is 19.0 Å². The van der Waals surface area contributed by atoms with Crippen molar-refractivity contribution in [3.63, 3.8) is 0 Å². The molecule has 2 aromatic carbocycles. The van der Waals surface area contributed by atoms with Gasteiger partial charge in [0, 0.05) is 11.8 Å². The van der Waals surface area contributed by atoms with Gasteiger partial charge in [0.05, 0.1) is 27.4 Å². The summed E-state index contributed by atoms with van der Waals surface area (Å²) in [7, 11) is 4.47. The Kier molecular flexibility index (Phi) is 4.81. The van der Waals surface area contributed by atoms with Gasteiger partial charge in [-0.1, -0.05) is 24.3 Å². The van der Waals surface area contributed by atoms with E-state index in [9.17, 15) is 10.1 Å². The van der Waals surface area contributed by atoms with E-state index in [1.165, 1.54) is 26.2 Å². The van der Waals surface area contributed by atoms with Crippen LogP contribution in [0, 0.1) is 11.3 Å². The molecule has 3 rings (SSSR count). The number of carbonyl (C=O) groups is 1. The fourth-order valence-electron chi connectivity index (χ4n) is 2.98. The minimum Gasteiger partial charge on any atom is -0.493 e. The maximum absolute atomic E-state index is 13.1. The fraction of sp³-hybridized carbons (Fsp3) is 0.200. The Morgan fingerprint density at radius 2 is 1.73 bits per heavy atom. The highest BCUT2D eigenvalue weighted by Gasteiger charge is 2.29. The highest BCUT2D eigenvalue weighted by Crippen LogP contribution is 2.39. The number of methoxy groups -OCH3 is 3. The quantitative estimate of drug-likeness (QED) is 0.845. The van der Waals surface area contributed by atoms with Crippen molar-refractivity contribution in [2.45, 2.75) is 6.04 Å². The fourth-order valence-corrected chi connectivity index (χ4v) is 2.98. The summed E-state index contributed by atoms with van der Waals surface area (Å²) in [5, 5.41) is 9.64. The van der Waals surface area contributed by atoms with Gasteiger partial charge in [-0.2, -0.15) is 5.26 Å². The van der Waals surface area contributed by atoms with Crippen LogP contribution in [0.2, 0.25) is 0 Å². The average Bonchev–Trinajstić information content (AvgIpc) is 2.70. The molecular weight excluding hydrogens is 332 g/mol. The topological polar surface area (TPSA) is 71.8 Å². The molecule has 1 atom stereocenters. The molecule has 2 aromatic rings. The third-order valence-electron chi connectivity index (χ3n) is 4.25. The SMILES string of the molecule is COc1cc(C(=O)N2C=Cc3ccccc3C2C#N)cc(OC)c1OC. The van der Waals surface area contributed by atoms with Crippen molar-refractivity contribution in [1.82, 2.24) is 4.90 Å². The second-order valence-corrected chi connectivity index (χ2v) is 5.60. The van der Waals surface area contributed by atoms with Crippen LogP contribution in [-0.4, -0.2) is 32.1 Å². The van der Waals surface area contributed by atoms with Crippen molar-refractivity contribution in [2.24, 2.45) is 0 Å². The van der Waals surface area contributed by atoms with Gasteiger partial charge in [0.1, 0.15) is 6.04 Å². The first-order chi connectivity index (χ1) is 12.6. The van der Waals surface area contributed by atoms with Crippen LogP contribution >= 0.6 is 0 Å². The Bertz CT molecular complexity index is 889. The smallest absolute Gasteiger partial charge is 0.259 e. The van der Waals surface area contributed by atoms with E-state index in [-0.39, 0.29) is 5.91 Å². The number of benzene rings is 2. The molecule has 6 heteroatoms. The van der Waals surface area contributed by atoms with Crippen LogP contribution in [0.5, 0.6) is 17.2 Å². The number of hydrogen-bond donors (Lipinski definition) is 0. The van der Waals surface area contributed by atoms with Gasteiger partial charge < -0.3 is 14.2 Å². The van der Waals surface area contributed by atoms with E-state index >= 15 is 0 Å². The monoisotopic (exact) mass is 350 g/mol. The molecule has 0 spiro atoms. The lowest BCUT2D eigenvalue weighted by Crippen LogP contribution is -2.31. The molecule has 132 valence electrons. The molecule has 1 aliphatic heterocycles. The van der Waals surface area contributed by atoms with Gasteiger partial charge in [-0.25, -0.2) is 0 Å². The van der Waals surface area contributed by atoms with Crippen LogP contribution in [-0.2, 0) is 0 Å². The lowest BCUT2D eigenvalue weighted by molar-refractivity contribution is 0.0793. The van der Waals surface area contributed by atoms with Crippen LogP contribution in [0.1, 0.15) is 27.5 Å². The third-order valence-corrected chi connectivity index (χ3v) is 4.25. The second-order valence-electron chi connectivity index (χ2n) is 5.60. The average molecular weight is 350 g/mol. The number of amides is 1. The summed E-state index contributed by atoms with van der Waals surface area (Å²) in [5.74, 6) is 0.833. The summed E-state index contributed by atoms with van der Waals surface area (Å²) in [5.41, 5.74) is 2.05. The van der Waals surface area contributed by atoms with Crippen molar-refractivity contribution in [3.05, 3.63) is 59.3 Å². The molecule has 0 N–H and O–H groups in total. The van der Waals surface area contributed by atoms with E-state index in [0.717, 1.165) is 11.1 Å². The van der Waals surface area contributed by atoms with E-state index in [1.54, 1.807) is 18.3 Å². The van der Waals surface area contributed by atoms with Crippen LogP contribution in [0.25, 0.3) is 6.08 Å². The van der Waals surface area contributed by atoms with Gasteiger partial charge in [0.2, 0.25) is 5.75 Å². The zero-order valence-electron chi connectivity index (χ0n) is 14.7. The van der Waals surface area contributed by atoms with Gasteiger partial charge >= 0.3 is 0 Å². The van der Waals surface area contributed by atoms with Crippen LogP contribution in [0.3, 0.4) is 0 Å². The number of fused-ring (bicyclic) bond motifs is 1. The molecule has 26 heavy (non-hydrogen) atoms. The maximum Gasteiger partial charge on any atom is 0.259 e. The lowest BCUT2D eigenvalue weighted by atomic mass is 9.96. The molecule has 0 bridgehead atoms. The summed E-state index contributed by atoms with van der Waals surface area (Å²) < 4.78 is 15.9. The molecule has 0 saturated heterocycles. The first kappa shape index (κ1) is 17.4. The van der Waals surface area contributed by atoms with E-state index in [0.29, 0.717) is 22.8 Å². The van der Waals surface area contributed by atoms with Gasteiger partial charge in [-0.3, -0.25) is 9.69 Å². The Morgan fingerprint density at radius 1 is 1.08 bits per heavy atom. The summed E-state index contributed by atoms with van der Waals surface area (Å²) >= 11 is 0. The van der Waals surface area contributed by atoms with Crippen LogP contribution in [0.15, 0.2) is 42.6 Å². The van der Waals surface area contributed by atoms with Crippen molar-refractivity contribution >= 4 is 12.0 Å². The molecule has 6 nitrogen and oxygen atoms in total. The first-order valence-corrected chi connectivity index (χ1v) is 7.94. The number of rotatable bonds is 4. The molecule has 1 aliphatic rings. The minimum atomic E-state index is -0.706. The Balaban J connectivity index is 2.04. The normalized spacial score (nSPS) is 15.0. The number of nitrogens with zero attached hydrogens (tertiary/aromatic N) is 2. The number of ether oxygens (including phenoxy) is 3. The molecule has 0 radical (unpaired) electrons. The first-order valence-electron chi connectivity index (χ1n) is 7.94. The zero-order chi connectivity index (χ0) is 18.7. The summed E-state index contributed by atoms with van der Waals surface area (Å²) in [6.45, 7) is 0. The van der Waals surface area contributed by atoms with Crippen molar-refractivity contribution in [2.75, 3.05) is 21.3 Å². The van der Waals surface area contributed by atoms with Crippen molar-refractivity contribution in [1.29, 1.82) is 5.26 Å². The molecule has 1 heterocycles. The molecule has 0 fully saturated rings. The van der Waals surface area contributed by atoms with E-state index in [1.807, 2.05) is 30.3 Å². The van der Waals surface area contributed by atoms with Gasteiger partial charge in [0.25, 0.3) is 5.91 Å². The molecular formula is C20H18N2O4. The Morgan fingerprint density at radius 3 is 2.31 bits per heavy atom. The van der Waals surface area contributed by atoms with Gasteiger partial charge in [0.15, 0.2) is 11.5 Å². The zero-order valence-corrected chi connectivity index (χ0v) is 14.7. The van der Waals surface area contributed by atoms with Crippen LogP contribution < -0.4 is 14.2 Å². The Labute approximate surface area is 151 Å². The third kappa shape index (κ3) is 2.84. The minimum absolute atomic E-state index is 0.332. The van der Waals surface area contributed by atoms with Crippen molar-refractivity contribution in [3.8, 4) is 23.3 Å². The van der Waals surface area contributed by atoms with Gasteiger partial charge in [-0.05, 0) is 29.3 Å². The van der Waals surface area contributed by atoms with Gasteiger partial charge in [-0.15, -0.1) is 0 Å². The largest absolute Gasteiger partial charge is 0.493 e. The summed E-state index contributed by atoms with van der Waals surface area (Å²) in [6, 6.07) is 12.2. The highest BCUT2D eigenvalue weighted by atomic mass is 16.5. The predicted molar refractivity (Wildman–Crippen MR) is 96.1 cm³/mol. The predicted octanol–water partition coefficient (Wildman–Crippen LogP) is 3.40. The number of hydrogen-bond acceptors (Lipinski definition) is 5. The lowest BCUT2D eigenvalue weighted by Gasteiger charge is -2.29. The standard InChI is InChI=1S/C20H18N2O4/c1-24-17-10-14(11-18(25-2)19(17)26-3)20(23)22-9-8-13-6-4-5-7-15(13)16(22)12-21/h4-11,16H,1-3H3.